The van der Waals surface area contributed by atoms with E-state index in [0.717, 1.165) is 6.42 Å². The molecule has 0 bridgehead atoms. The Morgan fingerprint density at radius 3 is 1.25 bits per heavy atom. The second-order valence-electron chi connectivity index (χ2n) is 14.3. The van der Waals surface area contributed by atoms with E-state index in [1.54, 1.807) is 0 Å². The Kier molecular flexibility index (Phi) is 11.2. The molecule has 2 aliphatic rings. The smallest absolute Gasteiger partial charge is 0.416 e. The summed E-state index contributed by atoms with van der Waals surface area (Å²) in [6.45, 7) is 6.32. The molecular weight excluding hydrogens is 766 g/mol. The highest BCUT2D eigenvalue weighted by Gasteiger charge is 2.40. The number of alkyl halides is 12. The Hall–Kier alpha value is -4.40. The lowest BCUT2D eigenvalue weighted by Gasteiger charge is -2.30. The highest BCUT2D eigenvalue weighted by atomic mass is 19.4. The number of hydrogen-bond acceptors (Lipinski definition) is 3. The molecular formula is C41H37F12NO2. The Bertz CT molecular complexity index is 1880. The fourth-order valence-corrected chi connectivity index (χ4v) is 7.56. The molecule has 4 aromatic rings. The van der Waals surface area contributed by atoms with E-state index in [9.17, 15) is 52.7 Å². The Balaban J connectivity index is 1.73. The number of hydrogen-bond donors (Lipinski definition) is 0. The van der Waals surface area contributed by atoms with Crippen molar-refractivity contribution in [2.45, 2.75) is 77.8 Å². The zero-order valence-electron chi connectivity index (χ0n) is 30.4. The number of nitrogens with zero attached hydrogens (tertiary/aromatic N) is 1. The summed E-state index contributed by atoms with van der Waals surface area (Å²) in [5, 5.41) is 0. The number of ether oxygens (including phenoxy) is 2. The van der Waals surface area contributed by atoms with Gasteiger partial charge in [0, 0.05) is 37.2 Å². The highest BCUT2D eigenvalue weighted by molar-refractivity contribution is 5.91. The van der Waals surface area contributed by atoms with Gasteiger partial charge in [-0.2, -0.15) is 52.7 Å². The van der Waals surface area contributed by atoms with E-state index in [0.29, 0.717) is 43.7 Å². The SMILES string of the molecule is CCC(C)C(CC)CN1Cc2c(-c3cc(C(F)(F)F)cc(C(F)(F)F)c3)ccc3c2-c2c(ccc(-c4cc(C(F)(F)F)cc(C(F)(F)F)c4)c2C1)OCCCO3. The van der Waals surface area contributed by atoms with Crippen LogP contribution in [0.15, 0.2) is 60.7 Å². The summed E-state index contributed by atoms with van der Waals surface area (Å²) in [5.74, 6) is 0.498. The molecule has 0 N–H and O–H groups in total. The molecule has 0 amide bonds. The average Bonchev–Trinajstić information content (AvgIpc) is 3.22. The molecule has 56 heavy (non-hydrogen) atoms. The van der Waals surface area contributed by atoms with Gasteiger partial charge in [0.25, 0.3) is 0 Å². The van der Waals surface area contributed by atoms with Gasteiger partial charge in [-0.1, -0.05) is 45.7 Å². The van der Waals surface area contributed by atoms with Crippen molar-refractivity contribution in [2.24, 2.45) is 11.8 Å². The molecule has 6 rings (SSSR count). The van der Waals surface area contributed by atoms with Crippen LogP contribution in [0.4, 0.5) is 52.7 Å². The first-order valence-electron chi connectivity index (χ1n) is 18.0. The second-order valence-corrected chi connectivity index (χ2v) is 14.3. The lowest BCUT2D eigenvalue weighted by atomic mass is 9.85. The van der Waals surface area contributed by atoms with E-state index >= 15 is 0 Å². The molecule has 0 saturated heterocycles. The first kappa shape index (κ1) is 41.2. The maximum Gasteiger partial charge on any atom is 0.416 e. The molecule has 2 heterocycles. The van der Waals surface area contributed by atoms with Crippen molar-refractivity contribution < 1.29 is 62.2 Å². The maximum absolute atomic E-state index is 14.1. The standard InChI is InChI=1S/C41H37F12NO2/c1-4-22(3)23(5-2)19-54-20-32-30(24-13-26(38(42,43)44)17-27(14-24)39(45,46)47)7-9-34-36(32)37-33(21-54)31(8-10-35(37)56-12-6-11-55-34)25-15-28(40(48,49)50)18-29(16-25)41(51,52)53/h7-10,13-18,22-23H,4-6,11-12,19-21H2,1-3H3. The van der Waals surface area contributed by atoms with Crippen LogP contribution in [0.25, 0.3) is 33.4 Å². The Morgan fingerprint density at radius 2 is 0.929 bits per heavy atom. The molecule has 15 heteroatoms. The van der Waals surface area contributed by atoms with Crippen LogP contribution >= 0.6 is 0 Å². The van der Waals surface area contributed by atoms with Crippen molar-refractivity contribution in [1.82, 2.24) is 4.90 Å². The van der Waals surface area contributed by atoms with Crippen LogP contribution in [0.3, 0.4) is 0 Å². The molecule has 0 radical (unpaired) electrons. The molecule has 4 aromatic carbocycles. The van der Waals surface area contributed by atoms with Gasteiger partial charge in [0.05, 0.1) is 35.5 Å². The van der Waals surface area contributed by atoms with Crippen molar-refractivity contribution in [3.8, 4) is 44.9 Å². The highest BCUT2D eigenvalue weighted by Crippen LogP contribution is 2.52. The van der Waals surface area contributed by atoms with Gasteiger partial charge in [-0.15, -0.1) is 0 Å². The third kappa shape index (κ3) is 8.47. The van der Waals surface area contributed by atoms with E-state index < -0.39 is 58.1 Å². The van der Waals surface area contributed by atoms with E-state index in [-0.39, 0.29) is 95.2 Å². The minimum atomic E-state index is -5.14. The predicted molar refractivity (Wildman–Crippen MR) is 186 cm³/mol. The van der Waals surface area contributed by atoms with Crippen LogP contribution in [-0.4, -0.2) is 24.7 Å². The Morgan fingerprint density at radius 1 is 0.554 bits per heavy atom. The van der Waals surface area contributed by atoms with Gasteiger partial charge in [0.15, 0.2) is 0 Å². The van der Waals surface area contributed by atoms with Crippen molar-refractivity contribution in [3.63, 3.8) is 0 Å². The first-order valence-corrected chi connectivity index (χ1v) is 18.0. The molecule has 2 aliphatic heterocycles. The van der Waals surface area contributed by atoms with Crippen LogP contribution in [0.5, 0.6) is 11.5 Å². The van der Waals surface area contributed by atoms with Gasteiger partial charge in [-0.3, -0.25) is 4.90 Å². The summed E-state index contributed by atoms with van der Waals surface area (Å²) in [5.41, 5.74) is -5.94. The summed E-state index contributed by atoms with van der Waals surface area (Å²) in [4.78, 5) is 1.88. The van der Waals surface area contributed by atoms with Gasteiger partial charge >= 0.3 is 24.7 Å². The maximum atomic E-state index is 14.1. The molecule has 302 valence electrons. The van der Waals surface area contributed by atoms with Crippen molar-refractivity contribution >= 4 is 0 Å². The topological polar surface area (TPSA) is 21.7 Å². The molecule has 0 spiro atoms. The zero-order chi connectivity index (χ0) is 41.0. The monoisotopic (exact) mass is 803 g/mol. The van der Waals surface area contributed by atoms with Crippen LogP contribution in [0.2, 0.25) is 0 Å². The van der Waals surface area contributed by atoms with E-state index in [4.69, 9.17) is 9.47 Å². The third-order valence-corrected chi connectivity index (χ3v) is 10.6. The normalized spacial score (nSPS) is 16.4. The number of halogens is 12. The zero-order valence-corrected chi connectivity index (χ0v) is 30.4. The summed E-state index contributed by atoms with van der Waals surface area (Å²) in [6, 6.07) is 8.14. The molecule has 0 fully saturated rings. The van der Waals surface area contributed by atoms with Crippen molar-refractivity contribution in [1.29, 1.82) is 0 Å². The van der Waals surface area contributed by atoms with Gasteiger partial charge < -0.3 is 9.47 Å². The van der Waals surface area contributed by atoms with Crippen molar-refractivity contribution in [2.75, 3.05) is 19.8 Å². The Labute approximate surface area is 315 Å². The van der Waals surface area contributed by atoms with Crippen LogP contribution in [0, 0.1) is 11.8 Å². The van der Waals surface area contributed by atoms with Gasteiger partial charge in [0.1, 0.15) is 11.5 Å². The quantitative estimate of drug-likeness (QED) is 0.174. The van der Waals surface area contributed by atoms with Crippen LogP contribution < -0.4 is 9.47 Å². The molecule has 0 aliphatic carbocycles. The van der Waals surface area contributed by atoms with Gasteiger partial charge in [-0.05, 0) is 93.7 Å². The molecule has 3 nitrogen and oxygen atoms in total. The summed E-state index contributed by atoms with van der Waals surface area (Å²) in [6.07, 6.45) is -18.8. The summed E-state index contributed by atoms with van der Waals surface area (Å²) in [7, 11) is 0. The van der Waals surface area contributed by atoms with E-state index in [1.165, 1.54) is 24.3 Å². The minimum Gasteiger partial charge on any atom is -0.493 e. The molecule has 0 aromatic heterocycles. The lowest BCUT2D eigenvalue weighted by molar-refractivity contribution is -0.144. The molecule has 2 unspecified atom stereocenters. The lowest BCUT2D eigenvalue weighted by Crippen LogP contribution is -2.31. The van der Waals surface area contributed by atoms with E-state index in [1.807, 2.05) is 25.7 Å². The fourth-order valence-electron chi connectivity index (χ4n) is 7.56. The third-order valence-electron chi connectivity index (χ3n) is 10.6. The molecule has 0 saturated carbocycles. The van der Waals surface area contributed by atoms with Crippen LogP contribution in [0.1, 0.15) is 73.4 Å². The summed E-state index contributed by atoms with van der Waals surface area (Å²) >= 11 is 0. The molecule has 2 atom stereocenters. The summed E-state index contributed by atoms with van der Waals surface area (Å²) < 4.78 is 182. The number of rotatable bonds is 7. The number of benzene rings is 4. The fraction of sp³-hybridized carbons (Fsp3) is 0.415. The van der Waals surface area contributed by atoms with E-state index in [2.05, 4.69) is 0 Å². The predicted octanol–water partition coefficient (Wildman–Crippen LogP) is 13.3. The average molecular weight is 804 g/mol. The second kappa shape index (κ2) is 15.2. The largest absolute Gasteiger partial charge is 0.493 e. The van der Waals surface area contributed by atoms with Gasteiger partial charge in [0.2, 0.25) is 0 Å². The van der Waals surface area contributed by atoms with Crippen molar-refractivity contribution in [3.05, 3.63) is 94.0 Å². The van der Waals surface area contributed by atoms with Gasteiger partial charge in [-0.25, -0.2) is 0 Å². The minimum absolute atomic E-state index is 0.00503. The first-order chi connectivity index (χ1) is 26.1. The van der Waals surface area contributed by atoms with Crippen LogP contribution in [-0.2, 0) is 37.8 Å².